The number of imidazole rings is 1. The van der Waals surface area contributed by atoms with E-state index in [9.17, 15) is 4.79 Å². The Morgan fingerprint density at radius 3 is 2.65 bits per heavy atom. The summed E-state index contributed by atoms with van der Waals surface area (Å²) in [5.74, 6) is 0.675. The van der Waals surface area contributed by atoms with E-state index in [1.165, 1.54) is 4.68 Å². The normalized spacial score (nSPS) is 10.8. The lowest BCUT2D eigenvalue weighted by Gasteiger charge is -2.04. The van der Waals surface area contributed by atoms with Crippen molar-refractivity contribution in [3.63, 3.8) is 0 Å². The summed E-state index contributed by atoms with van der Waals surface area (Å²) in [6.07, 6.45) is -0.788. The highest BCUT2D eigenvalue weighted by atomic mass is 16.7. The Labute approximate surface area is 149 Å². The molecule has 4 aromatic rings. The van der Waals surface area contributed by atoms with Crippen LogP contribution in [0.2, 0.25) is 0 Å². The van der Waals surface area contributed by atoms with Gasteiger partial charge in [0.25, 0.3) is 0 Å². The van der Waals surface area contributed by atoms with Gasteiger partial charge in [-0.2, -0.15) is 9.78 Å². The number of hydrogen-bond acceptors (Lipinski definition) is 5. The molecule has 0 atom stereocenters. The molecule has 0 fully saturated rings. The lowest BCUT2D eigenvalue weighted by atomic mass is 10.2. The van der Waals surface area contributed by atoms with E-state index in [1.807, 2.05) is 54.6 Å². The Hall–Kier alpha value is -3.61. The number of nitrogens with one attached hydrogen (secondary N) is 1. The van der Waals surface area contributed by atoms with Gasteiger partial charge in [-0.05, 0) is 19.1 Å². The summed E-state index contributed by atoms with van der Waals surface area (Å²) in [5.41, 5.74) is 3.21. The van der Waals surface area contributed by atoms with E-state index in [1.54, 1.807) is 13.0 Å². The summed E-state index contributed by atoms with van der Waals surface area (Å²) in [6.45, 7) is 1.94. The zero-order valence-corrected chi connectivity index (χ0v) is 14.0. The van der Waals surface area contributed by atoms with Crippen molar-refractivity contribution < 1.29 is 14.3 Å². The molecule has 0 spiro atoms. The van der Waals surface area contributed by atoms with E-state index in [4.69, 9.17) is 9.47 Å². The summed E-state index contributed by atoms with van der Waals surface area (Å²) in [7, 11) is 0. The van der Waals surface area contributed by atoms with Gasteiger partial charge in [0, 0.05) is 11.6 Å². The van der Waals surface area contributed by atoms with Crippen LogP contribution >= 0.6 is 0 Å². The minimum Gasteiger partial charge on any atom is -0.434 e. The van der Waals surface area contributed by atoms with E-state index in [0.717, 1.165) is 16.6 Å². The minimum absolute atomic E-state index is 0.223. The Morgan fingerprint density at radius 2 is 1.88 bits per heavy atom. The van der Waals surface area contributed by atoms with Crippen molar-refractivity contribution in [3.05, 3.63) is 60.7 Å². The number of ether oxygens (including phenoxy) is 2. The molecule has 0 amide bonds. The number of aromatic nitrogens is 4. The quantitative estimate of drug-likeness (QED) is 0.565. The predicted molar refractivity (Wildman–Crippen MR) is 96.3 cm³/mol. The van der Waals surface area contributed by atoms with Crippen molar-refractivity contribution >= 4 is 17.2 Å². The van der Waals surface area contributed by atoms with Crippen LogP contribution in [0.4, 0.5) is 4.79 Å². The van der Waals surface area contributed by atoms with Crippen LogP contribution in [0.1, 0.15) is 6.92 Å². The zero-order valence-electron chi connectivity index (χ0n) is 14.0. The fourth-order valence-electron chi connectivity index (χ4n) is 2.61. The molecule has 7 heteroatoms. The van der Waals surface area contributed by atoms with E-state index in [0.29, 0.717) is 11.6 Å². The summed E-state index contributed by atoms with van der Waals surface area (Å²) in [6, 6.07) is 18.9. The van der Waals surface area contributed by atoms with Gasteiger partial charge in [-0.3, -0.25) is 0 Å². The third kappa shape index (κ3) is 3.02. The summed E-state index contributed by atoms with van der Waals surface area (Å²) >= 11 is 0. The van der Waals surface area contributed by atoms with Crippen molar-refractivity contribution in [2.45, 2.75) is 6.92 Å². The molecule has 2 heterocycles. The van der Waals surface area contributed by atoms with Crippen LogP contribution in [0.5, 0.6) is 5.88 Å². The summed E-state index contributed by atoms with van der Waals surface area (Å²) in [5, 5.41) is 4.55. The molecule has 7 nitrogen and oxygen atoms in total. The minimum atomic E-state index is -0.788. The topological polar surface area (TPSA) is 82.0 Å². The van der Waals surface area contributed by atoms with Crippen molar-refractivity contribution in [1.82, 2.24) is 19.7 Å². The van der Waals surface area contributed by atoms with Gasteiger partial charge in [-0.25, -0.2) is 9.78 Å². The Balaban J connectivity index is 1.80. The monoisotopic (exact) mass is 348 g/mol. The number of benzene rings is 2. The maximum atomic E-state index is 11.8. The van der Waals surface area contributed by atoms with Crippen LogP contribution in [0, 0.1) is 0 Å². The molecule has 0 aliphatic heterocycles. The van der Waals surface area contributed by atoms with Gasteiger partial charge in [0.2, 0.25) is 11.8 Å². The predicted octanol–water partition coefficient (Wildman–Crippen LogP) is 3.95. The molecule has 4 rings (SSSR count). The number of rotatable bonds is 4. The number of carbonyl (C=O) groups excluding carboxylic acids is 1. The molecular formula is C19H16N4O3. The molecule has 0 saturated carbocycles. The van der Waals surface area contributed by atoms with E-state index in [-0.39, 0.29) is 12.5 Å². The Bertz CT molecular complexity index is 1020. The smallest absolute Gasteiger partial charge is 0.434 e. The lowest BCUT2D eigenvalue weighted by molar-refractivity contribution is 0.101. The number of nitrogens with zero attached hydrogens (tertiary/aromatic N) is 3. The molecule has 0 bridgehead atoms. The molecule has 0 radical (unpaired) electrons. The second-order valence-corrected chi connectivity index (χ2v) is 5.51. The average Bonchev–Trinajstić information content (AvgIpc) is 3.26. The van der Waals surface area contributed by atoms with Gasteiger partial charge in [-0.15, -0.1) is 0 Å². The number of para-hydroxylation sites is 2. The first-order valence-electron chi connectivity index (χ1n) is 8.20. The molecular weight excluding hydrogens is 332 g/mol. The third-order valence-corrected chi connectivity index (χ3v) is 3.77. The maximum Gasteiger partial charge on any atom is 0.515 e. The largest absolute Gasteiger partial charge is 0.515 e. The first-order valence-corrected chi connectivity index (χ1v) is 8.20. The Kier molecular flexibility index (Phi) is 4.10. The SMILES string of the molecule is CCOC(=O)Oc1cc(-c2ccccc2)nn1-c1nc2ccccc2[nH]1. The zero-order chi connectivity index (χ0) is 17.9. The first-order chi connectivity index (χ1) is 12.7. The highest BCUT2D eigenvalue weighted by Crippen LogP contribution is 2.26. The highest BCUT2D eigenvalue weighted by Gasteiger charge is 2.18. The molecule has 0 saturated heterocycles. The van der Waals surface area contributed by atoms with Gasteiger partial charge in [-0.1, -0.05) is 42.5 Å². The molecule has 0 unspecified atom stereocenters. The molecule has 1 N–H and O–H groups in total. The molecule has 0 aliphatic rings. The fourth-order valence-corrected chi connectivity index (χ4v) is 2.61. The molecule has 26 heavy (non-hydrogen) atoms. The number of aromatic amines is 1. The first kappa shape index (κ1) is 15.9. The van der Waals surface area contributed by atoms with Gasteiger partial charge >= 0.3 is 6.16 Å². The van der Waals surface area contributed by atoms with Crippen LogP contribution in [-0.4, -0.2) is 32.5 Å². The summed E-state index contributed by atoms with van der Waals surface area (Å²) in [4.78, 5) is 19.5. The van der Waals surface area contributed by atoms with Crippen molar-refractivity contribution in [1.29, 1.82) is 0 Å². The number of H-pyrrole nitrogens is 1. The lowest BCUT2D eigenvalue weighted by Crippen LogP contribution is -2.13. The van der Waals surface area contributed by atoms with Crippen molar-refractivity contribution in [3.8, 4) is 23.1 Å². The van der Waals surface area contributed by atoms with Crippen molar-refractivity contribution in [2.24, 2.45) is 0 Å². The molecule has 0 aliphatic carbocycles. The van der Waals surface area contributed by atoms with Gasteiger partial charge in [0.15, 0.2) is 0 Å². The maximum absolute atomic E-state index is 11.8. The van der Waals surface area contributed by atoms with E-state index in [2.05, 4.69) is 15.1 Å². The average molecular weight is 348 g/mol. The Morgan fingerprint density at radius 1 is 1.12 bits per heavy atom. The second-order valence-electron chi connectivity index (χ2n) is 5.51. The van der Waals surface area contributed by atoms with Crippen LogP contribution in [0.15, 0.2) is 60.7 Å². The van der Waals surface area contributed by atoms with Gasteiger partial charge in [0.1, 0.15) is 0 Å². The van der Waals surface area contributed by atoms with E-state index >= 15 is 0 Å². The summed E-state index contributed by atoms with van der Waals surface area (Å²) < 4.78 is 11.7. The van der Waals surface area contributed by atoms with Crippen LogP contribution in [0.25, 0.3) is 28.2 Å². The number of fused-ring (bicyclic) bond motifs is 1. The van der Waals surface area contributed by atoms with Gasteiger partial charge < -0.3 is 14.5 Å². The fraction of sp³-hybridized carbons (Fsp3) is 0.105. The third-order valence-electron chi connectivity index (χ3n) is 3.77. The van der Waals surface area contributed by atoms with Crippen LogP contribution in [-0.2, 0) is 4.74 Å². The van der Waals surface area contributed by atoms with E-state index < -0.39 is 6.16 Å². The standard InChI is InChI=1S/C19H16N4O3/c1-2-25-19(24)26-17-12-16(13-8-4-3-5-9-13)22-23(17)18-20-14-10-6-7-11-15(14)21-18/h3-12H,2H2,1H3,(H,20,21). The van der Waals surface area contributed by atoms with Crippen LogP contribution < -0.4 is 4.74 Å². The van der Waals surface area contributed by atoms with Crippen LogP contribution in [0.3, 0.4) is 0 Å². The van der Waals surface area contributed by atoms with Crippen molar-refractivity contribution in [2.75, 3.05) is 6.61 Å². The molecule has 2 aromatic carbocycles. The second kappa shape index (κ2) is 6.72. The molecule has 130 valence electrons. The highest BCUT2D eigenvalue weighted by molar-refractivity contribution is 5.76. The molecule has 2 aromatic heterocycles. The number of hydrogen-bond donors (Lipinski definition) is 1. The van der Waals surface area contributed by atoms with Gasteiger partial charge in [0.05, 0.1) is 23.3 Å². The number of carbonyl (C=O) groups is 1.